The maximum absolute atomic E-state index is 12.0. The quantitative estimate of drug-likeness (QED) is 0.886. The fourth-order valence-corrected chi connectivity index (χ4v) is 3.65. The number of carbonyl (C=O) groups is 1. The summed E-state index contributed by atoms with van der Waals surface area (Å²) in [6, 6.07) is 0.205. The highest BCUT2D eigenvalue weighted by molar-refractivity contribution is 7.11. The van der Waals surface area contributed by atoms with Crippen LogP contribution in [0.4, 0.5) is 0 Å². The molecule has 1 saturated carbocycles. The lowest BCUT2D eigenvalue weighted by Crippen LogP contribution is -2.38. The number of carbonyl (C=O) groups excluding carboxylic acids is 1. The van der Waals surface area contributed by atoms with Crippen LogP contribution in [0.1, 0.15) is 41.3 Å². The van der Waals surface area contributed by atoms with Gasteiger partial charge >= 0.3 is 0 Å². The van der Waals surface area contributed by atoms with Gasteiger partial charge in [-0.15, -0.1) is 11.3 Å². The minimum Gasteiger partial charge on any atom is -0.355 e. The largest absolute Gasteiger partial charge is 0.355 e. The first-order valence-corrected chi connectivity index (χ1v) is 7.84. The summed E-state index contributed by atoms with van der Waals surface area (Å²) in [5, 5.41) is 4.14. The predicted octanol–water partition coefficient (Wildman–Crippen LogP) is 1.94. The standard InChI is InChI=1S/C14H23N3OS/c1-9-13(19-10(2)17-9)6-7-16-14(18)11-4-3-5-12(15)8-11/h11-12H,3-8,15H2,1-2H3,(H,16,18). The SMILES string of the molecule is Cc1nc(C)c(CCNC(=O)C2CCCC(N)C2)s1. The van der Waals surface area contributed by atoms with Crippen molar-refractivity contribution in [2.24, 2.45) is 11.7 Å². The fourth-order valence-electron chi connectivity index (χ4n) is 2.71. The van der Waals surface area contributed by atoms with Gasteiger partial charge < -0.3 is 11.1 Å². The van der Waals surface area contributed by atoms with Gasteiger partial charge in [0.25, 0.3) is 0 Å². The van der Waals surface area contributed by atoms with Gasteiger partial charge in [-0.05, 0) is 33.1 Å². The molecule has 4 nitrogen and oxygen atoms in total. The molecule has 2 unspecified atom stereocenters. The van der Waals surface area contributed by atoms with Gasteiger partial charge in [0.1, 0.15) is 0 Å². The summed E-state index contributed by atoms with van der Waals surface area (Å²) in [5.74, 6) is 0.294. The molecule has 3 N–H and O–H groups in total. The van der Waals surface area contributed by atoms with Crippen LogP contribution in [0.2, 0.25) is 0 Å². The maximum Gasteiger partial charge on any atom is 0.223 e. The predicted molar refractivity (Wildman–Crippen MR) is 78.2 cm³/mol. The van der Waals surface area contributed by atoms with E-state index in [1.165, 1.54) is 4.88 Å². The normalized spacial score (nSPS) is 23.3. The summed E-state index contributed by atoms with van der Waals surface area (Å²) in [6.45, 7) is 4.75. The lowest BCUT2D eigenvalue weighted by atomic mass is 9.85. The minimum atomic E-state index is 0.119. The number of aromatic nitrogens is 1. The third-order valence-corrected chi connectivity index (χ3v) is 4.87. The van der Waals surface area contributed by atoms with Crippen molar-refractivity contribution in [1.82, 2.24) is 10.3 Å². The molecule has 1 aromatic rings. The summed E-state index contributed by atoms with van der Waals surface area (Å²) in [7, 11) is 0. The molecule has 1 fully saturated rings. The van der Waals surface area contributed by atoms with E-state index in [4.69, 9.17) is 5.73 Å². The number of rotatable bonds is 4. The number of aryl methyl sites for hydroxylation is 2. The van der Waals surface area contributed by atoms with Crippen LogP contribution in [-0.2, 0) is 11.2 Å². The Hall–Kier alpha value is -0.940. The number of hydrogen-bond donors (Lipinski definition) is 2. The second-order valence-corrected chi connectivity index (χ2v) is 6.69. The van der Waals surface area contributed by atoms with Gasteiger partial charge in [-0.25, -0.2) is 4.98 Å². The molecule has 0 radical (unpaired) electrons. The van der Waals surface area contributed by atoms with Gasteiger partial charge in [0.05, 0.1) is 10.7 Å². The Bertz CT molecular complexity index is 444. The number of nitrogens with two attached hydrogens (primary N) is 1. The van der Waals surface area contributed by atoms with Crippen molar-refractivity contribution < 1.29 is 4.79 Å². The van der Waals surface area contributed by atoms with Gasteiger partial charge in [0.15, 0.2) is 0 Å². The molecule has 1 aromatic heterocycles. The average molecular weight is 281 g/mol. The van der Waals surface area contributed by atoms with E-state index in [1.54, 1.807) is 11.3 Å². The third kappa shape index (κ3) is 4.01. The van der Waals surface area contributed by atoms with Gasteiger partial charge in [-0.1, -0.05) is 6.42 Å². The van der Waals surface area contributed by atoms with Gasteiger partial charge in [0, 0.05) is 29.8 Å². The highest BCUT2D eigenvalue weighted by atomic mass is 32.1. The van der Waals surface area contributed by atoms with E-state index in [1.807, 2.05) is 13.8 Å². The summed E-state index contributed by atoms with van der Waals surface area (Å²) in [4.78, 5) is 17.7. The second kappa shape index (κ2) is 6.48. The van der Waals surface area contributed by atoms with Crippen molar-refractivity contribution >= 4 is 17.2 Å². The molecule has 1 amide bonds. The van der Waals surface area contributed by atoms with E-state index < -0.39 is 0 Å². The fraction of sp³-hybridized carbons (Fsp3) is 0.714. The number of nitrogens with zero attached hydrogens (tertiary/aromatic N) is 1. The molecule has 2 rings (SSSR count). The zero-order valence-electron chi connectivity index (χ0n) is 11.7. The van der Waals surface area contributed by atoms with Gasteiger partial charge in [0.2, 0.25) is 5.91 Å². The van der Waals surface area contributed by atoms with Crippen molar-refractivity contribution in [3.05, 3.63) is 15.6 Å². The van der Waals surface area contributed by atoms with E-state index in [-0.39, 0.29) is 17.9 Å². The van der Waals surface area contributed by atoms with Crippen molar-refractivity contribution in [2.75, 3.05) is 6.54 Å². The van der Waals surface area contributed by atoms with Crippen molar-refractivity contribution in [3.8, 4) is 0 Å². The van der Waals surface area contributed by atoms with Gasteiger partial charge in [-0.2, -0.15) is 0 Å². The van der Waals surface area contributed by atoms with Crippen LogP contribution in [0.3, 0.4) is 0 Å². The van der Waals surface area contributed by atoms with Crippen LogP contribution < -0.4 is 11.1 Å². The Morgan fingerprint density at radius 1 is 1.47 bits per heavy atom. The van der Waals surface area contributed by atoms with E-state index in [2.05, 4.69) is 10.3 Å². The minimum absolute atomic E-state index is 0.119. The summed E-state index contributed by atoms with van der Waals surface area (Å²) in [5.41, 5.74) is 7.01. The molecule has 2 atom stereocenters. The maximum atomic E-state index is 12.0. The topological polar surface area (TPSA) is 68.0 Å². The number of thiazole rings is 1. The van der Waals surface area contributed by atoms with Crippen LogP contribution in [-0.4, -0.2) is 23.5 Å². The Balaban J connectivity index is 1.76. The molecule has 1 heterocycles. The average Bonchev–Trinajstić information content (AvgIpc) is 2.68. The third-order valence-electron chi connectivity index (χ3n) is 3.74. The number of hydrogen-bond acceptors (Lipinski definition) is 4. The zero-order chi connectivity index (χ0) is 13.8. The van der Waals surface area contributed by atoms with Crippen molar-refractivity contribution in [2.45, 2.75) is 52.0 Å². The molecule has 19 heavy (non-hydrogen) atoms. The molecule has 0 aromatic carbocycles. The van der Waals surface area contributed by atoms with Crippen LogP contribution in [0.25, 0.3) is 0 Å². The Kier molecular flexibility index (Phi) is 4.93. The van der Waals surface area contributed by atoms with Crippen LogP contribution in [0.5, 0.6) is 0 Å². The first kappa shape index (κ1) is 14.5. The lowest BCUT2D eigenvalue weighted by molar-refractivity contribution is -0.126. The van der Waals surface area contributed by atoms with Crippen molar-refractivity contribution in [1.29, 1.82) is 0 Å². The second-order valence-electron chi connectivity index (χ2n) is 5.41. The molecule has 0 spiro atoms. The first-order valence-electron chi connectivity index (χ1n) is 7.02. The monoisotopic (exact) mass is 281 g/mol. The molecule has 1 aliphatic carbocycles. The number of amides is 1. The Morgan fingerprint density at radius 3 is 2.89 bits per heavy atom. The van der Waals surface area contributed by atoms with E-state index in [0.29, 0.717) is 6.54 Å². The van der Waals surface area contributed by atoms with Crippen LogP contribution >= 0.6 is 11.3 Å². The highest BCUT2D eigenvalue weighted by Gasteiger charge is 2.24. The zero-order valence-corrected chi connectivity index (χ0v) is 12.6. The smallest absolute Gasteiger partial charge is 0.223 e. The van der Waals surface area contributed by atoms with Crippen LogP contribution in [0, 0.1) is 19.8 Å². The van der Waals surface area contributed by atoms with E-state index >= 15 is 0 Å². The lowest BCUT2D eigenvalue weighted by Gasteiger charge is -2.25. The molecule has 1 aliphatic rings. The summed E-state index contributed by atoms with van der Waals surface area (Å²) in [6.07, 6.45) is 4.83. The van der Waals surface area contributed by atoms with Gasteiger partial charge in [-0.3, -0.25) is 4.79 Å². The molecule has 0 aliphatic heterocycles. The summed E-state index contributed by atoms with van der Waals surface area (Å²) >= 11 is 1.72. The summed E-state index contributed by atoms with van der Waals surface area (Å²) < 4.78 is 0. The van der Waals surface area contributed by atoms with Crippen molar-refractivity contribution in [3.63, 3.8) is 0 Å². The molecule has 0 saturated heterocycles. The molecule has 5 heteroatoms. The molecule has 106 valence electrons. The highest BCUT2D eigenvalue weighted by Crippen LogP contribution is 2.23. The number of nitrogens with one attached hydrogen (secondary N) is 1. The first-order chi connectivity index (χ1) is 9.06. The Labute approximate surface area is 118 Å². The Morgan fingerprint density at radius 2 is 2.26 bits per heavy atom. The van der Waals surface area contributed by atoms with E-state index in [9.17, 15) is 4.79 Å². The molecular formula is C14H23N3OS. The van der Waals surface area contributed by atoms with Crippen LogP contribution in [0.15, 0.2) is 0 Å². The van der Waals surface area contributed by atoms with E-state index in [0.717, 1.165) is 42.8 Å². The molecule has 0 bridgehead atoms. The molecular weight excluding hydrogens is 258 g/mol.